The van der Waals surface area contributed by atoms with Crippen molar-refractivity contribution in [3.63, 3.8) is 0 Å². The standard InChI is InChI=1S/C22H16O4/c23-21(17-9-3-1-4-10-17)25-15-19-13-7-8-14-20(19)16-26-22(24)18-11-5-2-6-12-18/h3-14H,15-16H2. The molecule has 0 N–H and O–H groups in total. The number of carbonyl (C=O) groups is 2. The number of benzene rings is 3. The number of rotatable bonds is 6. The third-order valence-corrected chi connectivity index (χ3v) is 3.74. The fraction of sp³-hybridized carbons (Fsp3) is 0.0909. The summed E-state index contributed by atoms with van der Waals surface area (Å²) in [4.78, 5) is 24.1. The Labute approximate surface area is 152 Å². The summed E-state index contributed by atoms with van der Waals surface area (Å²) >= 11 is 0. The largest absolute Gasteiger partial charge is 0.457 e. The minimum atomic E-state index is -0.411. The molecule has 3 aromatic rings. The van der Waals surface area contributed by atoms with Gasteiger partial charge in [-0.1, -0.05) is 48.5 Å². The first-order valence-electron chi connectivity index (χ1n) is 8.07. The number of carbonyl (C=O) groups excluding carboxylic acids is 2. The van der Waals surface area contributed by atoms with Gasteiger partial charge in [-0.25, -0.2) is 9.59 Å². The molecule has 3 aromatic carbocycles. The van der Waals surface area contributed by atoms with Gasteiger partial charge < -0.3 is 9.47 Å². The van der Waals surface area contributed by atoms with Crippen LogP contribution in [0.4, 0.5) is 0 Å². The summed E-state index contributed by atoms with van der Waals surface area (Å²) in [5, 5.41) is 0. The highest BCUT2D eigenvalue weighted by Crippen LogP contribution is 2.14. The molecule has 0 aliphatic rings. The summed E-state index contributed by atoms with van der Waals surface area (Å²) in [7, 11) is 0. The molecular weight excluding hydrogens is 328 g/mol. The fourth-order valence-electron chi connectivity index (χ4n) is 2.34. The lowest BCUT2D eigenvalue weighted by atomic mass is 10.1. The van der Waals surface area contributed by atoms with Crippen LogP contribution in [0.3, 0.4) is 0 Å². The van der Waals surface area contributed by atoms with Gasteiger partial charge in [0.25, 0.3) is 0 Å². The Kier molecular flexibility index (Phi) is 5.78. The maximum atomic E-state index is 12.1. The van der Waals surface area contributed by atoms with Crippen LogP contribution in [-0.2, 0) is 22.7 Å². The molecule has 0 atom stereocenters. The Morgan fingerprint density at radius 2 is 1.04 bits per heavy atom. The van der Waals surface area contributed by atoms with E-state index in [-0.39, 0.29) is 13.2 Å². The van der Waals surface area contributed by atoms with Crippen molar-refractivity contribution in [2.45, 2.75) is 13.2 Å². The summed E-state index contributed by atoms with van der Waals surface area (Å²) in [6, 6.07) is 26.3. The quantitative estimate of drug-likeness (QED) is 0.634. The molecule has 0 aliphatic heterocycles. The van der Waals surface area contributed by atoms with Crippen LogP contribution in [0.5, 0.6) is 0 Å². The molecule has 0 aromatic heterocycles. The molecule has 0 saturated heterocycles. The summed E-state index contributed by atoms with van der Waals surface area (Å²) < 4.78 is 10.7. The first-order valence-corrected chi connectivity index (χ1v) is 8.07. The molecule has 0 saturated carbocycles. The van der Waals surface area contributed by atoms with Crippen molar-refractivity contribution in [2.24, 2.45) is 0 Å². The van der Waals surface area contributed by atoms with E-state index in [4.69, 9.17) is 9.47 Å². The van der Waals surface area contributed by atoms with Crippen LogP contribution in [0.2, 0.25) is 0 Å². The minimum absolute atomic E-state index is 0.103. The van der Waals surface area contributed by atoms with E-state index in [1.54, 1.807) is 48.5 Å². The third kappa shape index (κ3) is 4.57. The van der Waals surface area contributed by atoms with E-state index < -0.39 is 11.9 Å². The SMILES string of the molecule is O=C(OCc1ccccc1COC(=O)c1cc[c]cc1)c1cc[c]cc1. The van der Waals surface area contributed by atoms with Gasteiger partial charge in [0.05, 0.1) is 11.1 Å². The molecule has 2 radical (unpaired) electrons. The van der Waals surface area contributed by atoms with Crippen LogP contribution >= 0.6 is 0 Å². The molecular formula is C22H16O4. The van der Waals surface area contributed by atoms with Gasteiger partial charge in [0.15, 0.2) is 0 Å². The van der Waals surface area contributed by atoms with Crippen molar-refractivity contribution in [3.05, 3.63) is 107 Å². The van der Waals surface area contributed by atoms with Gasteiger partial charge in [0.1, 0.15) is 13.2 Å². The molecule has 0 amide bonds. The van der Waals surface area contributed by atoms with E-state index in [0.29, 0.717) is 11.1 Å². The Hall–Kier alpha value is -3.40. The van der Waals surface area contributed by atoms with Gasteiger partial charge in [-0.3, -0.25) is 0 Å². The highest BCUT2D eigenvalue weighted by molar-refractivity contribution is 5.89. The zero-order valence-electron chi connectivity index (χ0n) is 14.0. The molecule has 3 rings (SSSR count). The molecule has 4 nitrogen and oxygen atoms in total. The predicted molar refractivity (Wildman–Crippen MR) is 95.2 cm³/mol. The van der Waals surface area contributed by atoms with Gasteiger partial charge in [-0.15, -0.1) is 0 Å². The lowest BCUT2D eigenvalue weighted by molar-refractivity contribution is 0.0435. The predicted octanol–water partition coefficient (Wildman–Crippen LogP) is 4.00. The van der Waals surface area contributed by atoms with Crippen molar-refractivity contribution in [2.75, 3.05) is 0 Å². The lowest BCUT2D eigenvalue weighted by Gasteiger charge is -2.11. The zero-order valence-corrected chi connectivity index (χ0v) is 14.0. The molecule has 4 heteroatoms. The first kappa shape index (κ1) is 17.4. The summed E-state index contributed by atoms with van der Waals surface area (Å²) in [6.07, 6.45) is 0. The Morgan fingerprint density at radius 3 is 1.42 bits per heavy atom. The number of hydrogen-bond acceptors (Lipinski definition) is 4. The van der Waals surface area contributed by atoms with E-state index in [2.05, 4.69) is 12.1 Å². The smallest absolute Gasteiger partial charge is 0.338 e. The lowest BCUT2D eigenvalue weighted by Crippen LogP contribution is -2.09. The van der Waals surface area contributed by atoms with Gasteiger partial charge in [-0.05, 0) is 47.5 Å². The Morgan fingerprint density at radius 1 is 0.654 bits per heavy atom. The van der Waals surface area contributed by atoms with Crippen LogP contribution in [0, 0.1) is 12.1 Å². The summed E-state index contributed by atoms with van der Waals surface area (Å²) in [5.74, 6) is -0.822. The van der Waals surface area contributed by atoms with E-state index in [0.717, 1.165) is 11.1 Å². The summed E-state index contributed by atoms with van der Waals surface area (Å²) in [6.45, 7) is 0.205. The topological polar surface area (TPSA) is 52.6 Å². The van der Waals surface area contributed by atoms with Crippen LogP contribution in [0.15, 0.2) is 72.8 Å². The minimum Gasteiger partial charge on any atom is -0.457 e. The van der Waals surface area contributed by atoms with E-state index >= 15 is 0 Å². The molecule has 0 heterocycles. The molecule has 0 aliphatic carbocycles. The van der Waals surface area contributed by atoms with E-state index in [9.17, 15) is 9.59 Å². The van der Waals surface area contributed by atoms with Gasteiger partial charge in [0.2, 0.25) is 0 Å². The van der Waals surface area contributed by atoms with Crippen LogP contribution < -0.4 is 0 Å². The average Bonchev–Trinajstić information content (AvgIpc) is 2.72. The zero-order chi connectivity index (χ0) is 18.2. The second kappa shape index (κ2) is 8.62. The maximum absolute atomic E-state index is 12.1. The fourth-order valence-corrected chi connectivity index (χ4v) is 2.34. The molecule has 0 spiro atoms. The van der Waals surface area contributed by atoms with Crippen molar-refractivity contribution in [3.8, 4) is 0 Å². The van der Waals surface area contributed by atoms with Crippen molar-refractivity contribution >= 4 is 11.9 Å². The maximum Gasteiger partial charge on any atom is 0.338 e. The highest BCUT2D eigenvalue weighted by Gasteiger charge is 2.11. The van der Waals surface area contributed by atoms with E-state index in [1.165, 1.54) is 0 Å². The van der Waals surface area contributed by atoms with Gasteiger partial charge in [-0.2, -0.15) is 0 Å². The van der Waals surface area contributed by atoms with Crippen molar-refractivity contribution in [1.82, 2.24) is 0 Å². The molecule has 0 bridgehead atoms. The Balaban J connectivity index is 1.61. The first-order chi connectivity index (χ1) is 12.7. The normalized spacial score (nSPS) is 10.2. The molecule has 0 fully saturated rings. The third-order valence-electron chi connectivity index (χ3n) is 3.74. The van der Waals surface area contributed by atoms with Gasteiger partial charge >= 0.3 is 11.9 Å². The number of ether oxygens (including phenoxy) is 2. The van der Waals surface area contributed by atoms with Crippen LogP contribution in [0.25, 0.3) is 0 Å². The Bertz CT molecular complexity index is 798. The van der Waals surface area contributed by atoms with Gasteiger partial charge in [0, 0.05) is 0 Å². The average molecular weight is 344 g/mol. The second-order valence-electron chi connectivity index (χ2n) is 5.50. The number of hydrogen-bond donors (Lipinski definition) is 0. The van der Waals surface area contributed by atoms with Crippen LogP contribution in [0.1, 0.15) is 31.8 Å². The number of esters is 2. The summed E-state index contributed by atoms with van der Waals surface area (Å²) in [5.41, 5.74) is 2.51. The molecule has 128 valence electrons. The van der Waals surface area contributed by atoms with Crippen molar-refractivity contribution in [1.29, 1.82) is 0 Å². The van der Waals surface area contributed by atoms with Crippen LogP contribution in [-0.4, -0.2) is 11.9 Å². The second-order valence-corrected chi connectivity index (χ2v) is 5.50. The monoisotopic (exact) mass is 344 g/mol. The molecule has 26 heavy (non-hydrogen) atoms. The van der Waals surface area contributed by atoms with E-state index in [1.807, 2.05) is 24.3 Å². The van der Waals surface area contributed by atoms with Crippen molar-refractivity contribution < 1.29 is 19.1 Å². The highest BCUT2D eigenvalue weighted by atomic mass is 16.5. The molecule has 0 unspecified atom stereocenters.